The van der Waals surface area contributed by atoms with Crippen molar-refractivity contribution < 1.29 is 37.3 Å². The first-order chi connectivity index (χ1) is 20.6. The number of aliphatic carboxylic acids is 1. The van der Waals surface area contributed by atoms with Crippen LogP contribution in [0.25, 0.3) is 0 Å². The minimum atomic E-state index is -5.08. The van der Waals surface area contributed by atoms with E-state index in [0.717, 1.165) is 68.4 Å². The van der Waals surface area contributed by atoms with Gasteiger partial charge in [-0.3, -0.25) is 9.69 Å². The zero-order valence-corrected chi connectivity index (χ0v) is 24.2. The van der Waals surface area contributed by atoms with E-state index in [1.165, 1.54) is 18.4 Å². The summed E-state index contributed by atoms with van der Waals surface area (Å²) in [5, 5.41) is 7.12. The van der Waals surface area contributed by atoms with E-state index in [2.05, 4.69) is 23.1 Å². The third-order valence-corrected chi connectivity index (χ3v) is 8.02. The van der Waals surface area contributed by atoms with E-state index >= 15 is 0 Å². The summed E-state index contributed by atoms with van der Waals surface area (Å²) in [7, 11) is 0. The molecule has 2 aliphatic heterocycles. The van der Waals surface area contributed by atoms with Gasteiger partial charge in [0.1, 0.15) is 17.2 Å². The zero-order chi connectivity index (χ0) is 30.9. The molecule has 0 aliphatic carbocycles. The van der Waals surface area contributed by atoms with Gasteiger partial charge in [-0.05, 0) is 93.6 Å². The van der Waals surface area contributed by atoms with Crippen molar-refractivity contribution in [1.82, 2.24) is 9.80 Å². The molecule has 7 nitrogen and oxygen atoms in total. The lowest BCUT2D eigenvalue weighted by Crippen LogP contribution is -2.48. The van der Waals surface area contributed by atoms with Crippen LogP contribution in [0.1, 0.15) is 48.5 Å². The standard InChI is InChI=1S/C31H36N2O3.C2HF3O2/c1-2-35-29-11-7-6-8-26(29)24-32-20-16-31(17-21-32)18-22-33(23-19-31)30(34)25-12-14-28(15-13-25)36-27-9-4-3-5-10-27;3-2(4,5)1(6)7/h3-15H,2,16-24H2,1H3;(H,6,7). The minimum Gasteiger partial charge on any atom is -0.494 e. The van der Waals surface area contributed by atoms with Crippen molar-refractivity contribution in [2.24, 2.45) is 5.41 Å². The number of likely N-dealkylation sites (tertiary alicyclic amines) is 2. The average Bonchev–Trinajstić information content (AvgIpc) is 3.00. The second kappa shape index (κ2) is 14.4. The fraction of sp³-hybridized carbons (Fsp3) is 0.394. The van der Waals surface area contributed by atoms with E-state index in [-0.39, 0.29) is 5.91 Å². The van der Waals surface area contributed by atoms with E-state index in [1.54, 1.807) is 0 Å². The van der Waals surface area contributed by atoms with Crippen LogP contribution >= 0.6 is 0 Å². The molecule has 1 N–H and O–H groups in total. The number of rotatable bonds is 7. The first-order valence-corrected chi connectivity index (χ1v) is 14.4. The van der Waals surface area contributed by atoms with Crippen LogP contribution in [0, 0.1) is 5.41 Å². The molecule has 2 aliphatic rings. The summed E-state index contributed by atoms with van der Waals surface area (Å²) in [6.07, 6.45) is -0.483. The van der Waals surface area contributed by atoms with Crippen LogP contribution < -0.4 is 9.47 Å². The summed E-state index contributed by atoms with van der Waals surface area (Å²) in [6, 6.07) is 25.6. The van der Waals surface area contributed by atoms with E-state index in [9.17, 15) is 18.0 Å². The third-order valence-electron chi connectivity index (χ3n) is 8.02. The number of hydrogen-bond acceptors (Lipinski definition) is 5. The van der Waals surface area contributed by atoms with Crippen LogP contribution in [0.15, 0.2) is 78.9 Å². The van der Waals surface area contributed by atoms with Gasteiger partial charge < -0.3 is 19.5 Å². The lowest BCUT2D eigenvalue weighted by atomic mass is 9.71. The van der Waals surface area contributed by atoms with Crippen molar-refractivity contribution in [3.05, 3.63) is 90.0 Å². The van der Waals surface area contributed by atoms with Gasteiger partial charge in [-0.2, -0.15) is 13.2 Å². The van der Waals surface area contributed by atoms with Gasteiger partial charge in [-0.1, -0.05) is 36.4 Å². The largest absolute Gasteiger partial charge is 0.494 e. The number of hydrogen-bond donors (Lipinski definition) is 1. The van der Waals surface area contributed by atoms with Gasteiger partial charge in [0.15, 0.2) is 0 Å². The molecule has 43 heavy (non-hydrogen) atoms. The molecule has 2 heterocycles. The van der Waals surface area contributed by atoms with Crippen molar-refractivity contribution in [2.45, 2.75) is 45.3 Å². The maximum absolute atomic E-state index is 13.1. The van der Waals surface area contributed by atoms with E-state index in [4.69, 9.17) is 19.4 Å². The molecule has 0 aromatic heterocycles. The van der Waals surface area contributed by atoms with Crippen molar-refractivity contribution in [1.29, 1.82) is 0 Å². The summed E-state index contributed by atoms with van der Waals surface area (Å²) < 4.78 is 43.4. The van der Waals surface area contributed by atoms with Crippen LogP contribution in [0.2, 0.25) is 0 Å². The molecule has 0 bridgehead atoms. The van der Waals surface area contributed by atoms with Crippen molar-refractivity contribution in [2.75, 3.05) is 32.8 Å². The smallest absolute Gasteiger partial charge is 0.490 e. The maximum Gasteiger partial charge on any atom is 0.490 e. The average molecular weight is 599 g/mol. The Kier molecular flexibility index (Phi) is 10.7. The summed E-state index contributed by atoms with van der Waals surface area (Å²) in [5.41, 5.74) is 2.38. The minimum absolute atomic E-state index is 0.126. The number of alkyl halides is 3. The quantitative estimate of drug-likeness (QED) is 0.315. The molecule has 2 saturated heterocycles. The fourth-order valence-corrected chi connectivity index (χ4v) is 5.51. The molecule has 0 radical (unpaired) electrons. The lowest BCUT2D eigenvalue weighted by molar-refractivity contribution is -0.192. The number of nitrogens with zero attached hydrogens (tertiary/aromatic N) is 2. The lowest BCUT2D eigenvalue weighted by Gasteiger charge is -2.47. The molecular formula is C33H37F3N2O5. The Balaban J connectivity index is 0.000000541. The van der Waals surface area contributed by atoms with Crippen molar-refractivity contribution >= 4 is 11.9 Å². The van der Waals surface area contributed by atoms with Crippen LogP contribution in [0.3, 0.4) is 0 Å². The number of carbonyl (C=O) groups is 2. The molecule has 3 aromatic rings. The van der Waals surface area contributed by atoms with Gasteiger partial charge in [-0.15, -0.1) is 0 Å². The Hall–Kier alpha value is -4.05. The number of para-hydroxylation sites is 2. The predicted molar refractivity (Wildman–Crippen MR) is 156 cm³/mol. The van der Waals surface area contributed by atoms with Crippen LogP contribution in [0.4, 0.5) is 13.2 Å². The molecular weight excluding hydrogens is 561 g/mol. The van der Waals surface area contributed by atoms with Crippen molar-refractivity contribution in [3.8, 4) is 17.2 Å². The van der Waals surface area contributed by atoms with E-state index in [0.29, 0.717) is 12.0 Å². The highest BCUT2D eigenvalue weighted by Crippen LogP contribution is 2.42. The summed E-state index contributed by atoms with van der Waals surface area (Å²) in [6.45, 7) is 7.58. The highest BCUT2D eigenvalue weighted by atomic mass is 19.4. The van der Waals surface area contributed by atoms with Gasteiger partial charge in [0.25, 0.3) is 5.91 Å². The highest BCUT2D eigenvalue weighted by Gasteiger charge is 2.39. The number of carboxylic acids is 1. The second-order valence-electron chi connectivity index (χ2n) is 10.9. The number of carboxylic acid groups (broad SMARTS) is 1. The Morgan fingerprint density at radius 3 is 1.93 bits per heavy atom. The molecule has 5 rings (SSSR count). The molecule has 0 saturated carbocycles. The zero-order valence-electron chi connectivity index (χ0n) is 24.2. The van der Waals surface area contributed by atoms with E-state index in [1.807, 2.05) is 72.5 Å². The van der Waals surface area contributed by atoms with Crippen molar-refractivity contribution in [3.63, 3.8) is 0 Å². The van der Waals surface area contributed by atoms with E-state index < -0.39 is 12.1 Å². The maximum atomic E-state index is 13.1. The molecule has 2 fully saturated rings. The Bertz CT molecular complexity index is 1330. The van der Waals surface area contributed by atoms with Crippen LogP contribution in [-0.4, -0.2) is 65.7 Å². The SMILES string of the molecule is CCOc1ccccc1CN1CCC2(CC1)CCN(C(=O)c1ccc(Oc3ccccc3)cc1)CC2.O=C(O)C(F)(F)F. The first kappa shape index (κ1) is 31.9. The Labute approximate surface area is 249 Å². The normalized spacial score (nSPS) is 16.6. The topological polar surface area (TPSA) is 79.3 Å². The number of benzene rings is 3. The molecule has 1 spiro atoms. The number of ether oxygens (including phenoxy) is 2. The number of piperidine rings is 2. The van der Waals surface area contributed by atoms with Gasteiger partial charge in [0.05, 0.1) is 6.61 Å². The van der Waals surface area contributed by atoms with Gasteiger partial charge in [0.2, 0.25) is 0 Å². The number of carbonyl (C=O) groups excluding carboxylic acids is 1. The summed E-state index contributed by atoms with van der Waals surface area (Å²) in [5.74, 6) is -0.0891. The van der Waals surface area contributed by atoms with Crippen LogP contribution in [0.5, 0.6) is 17.2 Å². The van der Waals surface area contributed by atoms with Crippen LogP contribution in [-0.2, 0) is 11.3 Å². The molecule has 230 valence electrons. The molecule has 10 heteroatoms. The molecule has 0 unspecified atom stereocenters. The number of amides is 1. The summed E-state index contributed by atoms with van der Waals surface area (Å²) in [4.78, 5) is 26.6. The monoisotopic (exact) mass is 598 g/mol. The molecule has 3 aromatic carbocycles. The fourth-order valence-electron chi connectivity index (χ4n) is 5.51. The van der Waals surface area contributed by atoms with Gasteiger partial charge >= 0.3 is 12.1 Å². The third kappa shape index (κ3) is 8.97. The predicted octanol–water partition coefficient (Wildman–Crippen LogP) is 7.03. The van der Waals surface area contributed by atoms with Gasteiger partial charge in [0, 0.05) is 30.8 Å². The Morgan fingerprint density at radius 2 is 1.35 bits per heavy atom. The first-order valence-electron chi connectivity index (χ1n) is 14.4. The molecule has 0 atom stereocenters. The second-order valence-corrected chi connectivity index (χ2v) is 10.9. The van der Waals surface area contributed by atoms with Gasteiger partial charge in [-0.25, -0.2) is 4.79 Å². The highest BCUT2D eigenvalue weighted by molar-refractivity contribution is 5.94. The molecule has 1 amide bonds. The number of halogens is 3. The Morgan fingerprint density at radius 1 is 0.814 bits per heavy atom. The summed E-state index contributed by atoms with van der Waals surface area (Å²) >= 11 is 0.